The molecule has 1 aliphatic carbocycles. The molecule has 18 heavy (non-hydrogen) atoms. The van der Waals surface area contributed by atoms with Crippen LogP contribution >= 0.6 is 0 Å². The number of aromatic nitrogens is 2. The number of imidazole rings is 1. The highest BCUT2D eigenvalue weighted by Gasteiger charge is 2.24. The van der Waals surface area contributed by atoms with Crippen molar-refractivity contribution in [1.29, 1.82) is 0 Å². The van der Waals surface area contributed by atoms with Gasteiger partial charge in [-0.05, 0) is 18.8 Å². The summed E-state index contributed by atoms with van der Waals surface area (Å²) in [6.07, 6.45) is 5.76. The molecule has 1 unspecified atom stereocenters. The minimum atomic E-state index is 0.0660. The summed E-state index contributed by atoms with van der Waals surface area (Å²) in [4.78, 5) is 16.0. The average molecular weight is 250 g/mol. The normalized spacial score (nSPS) is 16.9. The molecule has 0 aliphatic heterocycles. The molecule has 100 valence electrons. The molecule has 1 fully saturated rings. The second-order valence-electron chi connectivity index (χ2n) is 5.37. The first-order valence-electron chi connectivity index (χ1n) is 6.61. The van der Waals surface area contributed by atoms with E-state index >= 15 is 0 Å². The van der Waals surface area contributed by atoms with Crippen molar-refractivity contribution in [3.63, 3.8) is 0 Å². The third-order valence-corrected chi connectivity index (χ3v) is 3.44. The molecule has 2 rings (SSSR count). The van der Waals surface area contributed by atoms with Crippen molar-refractivity contribution in [3.8, 4) is 0 Å². The van der Waals surface area contributed by atoms with Gasteiger partial charge in [0, 0.05) is 30.4 Å². The lowest BCUT2D eigenvalue weighted by atomic mass is 9.93. The summed E-state index contributed by atoms with van der Waals surface area (Å²) in [7, 11) is 0. The van der Waals surface area contributed by atoms with Crippen molar-refractivity contribution in [1.82, 2.24) is 14.9 Å². The molecule has 3 N–H and O–H groups in total. The minimum Gasteiger partial charge on any atom is -0.352 e. The van der Waals surface area contributed by atoms with Crippen molar-refractivity contribution >= 4 is 5.91 Å². The van der Waals surface area contributed by atoms with Crippen LogP contribution in [0.2, 0.25) is 0 Å². The Morgan fingerprint density at radius 2 is 2.33 bits per heavy atom. The molecule has 1 aliphatic rings. The first-order valence-corrected chi connectivity index (χ1v) is 6.61. The number of rotatable bonds is 6. The summed E-state index contributed by atoms with van der Waals surface area (Å²) in [5.74, 6) is 0.759. The van der Waals surface area contributed by atoms with Crippen LogP contribution in [-0.4, -0.2) is 28.0 Å². The molecule has 1 aromatic heterocycles. The van der Waals surface area contributed by atoms with Gasteiger partial charge in [0.15, 0.2) is 0 Å². The Bertz CT molecular complexity index is 409. The van der Waals surface area contributed by atoms with Crippen LogP contribution in [0.4, 0.5) is 0 Å². The maximum atomic E-state index is 11.8. The molecule has 1 amide bonds. The summed E-state index contributed by atoms with van der Waals surface area (Å²) in [5, 5.41) is 2.99. The van der Waals surface area contributed by atoms with E-state index in [9.17, 15) is 4.79 Å². The zero-order valence-electron chi connectivity index (χ0n) is 11.1. The van der Waals surface area contributed by atoms with Gasteiger partial charge >= 0.3 is 0 Å². The molecule has 1 atom stereocenters. The van der Waals surface area contributed by atoms with E-state index in [1.807, 2.05) is 10.8 Å². The number of hydrogen-bond donors (Lipinski definition) is 2. The van der Waals surface area contributed by atoms with Gasteiger partial charge in [-0.25, -0.2) is 4.98 Å². The van der Waals surface area contributed by atoms with Gasteiger partial charge in [-0.1, -0.05) is 13.8 Å². The topological polar surface area (TPSA) is 72.9 Å². The van der Waals surface area contributed by atoms with Gasteiger partial charge < -0.3 is 15.6 Å². The molecular weight excluding hydrogens is 228 g/mol. The Balaban J connectivity index is 2.03. The first kappa shape index (κ1) is 13.1. The highest BCUT2D eigenvalue weighted by Crippen LogP contribution is 2.23. The Hall–Kier alpha value is -1.36. The van der Waals surface area contributed by atoms with Gasteiger partial charge in [-0.15, -0.1) is 0 Å². The summed E-state index contributed by atoms with van der Waals surface area (Å²) in [5.41, 5.74) is 6.87. The standard InChI is InChI=1S/C13H22N4O/c1-9(2)11(5-14)12-6-15-8-17(12)7-13(18)16-10-3-4-10/h6,8-11H,3-5,7,14H2,1-2H3,(H,16,18). The molecule has 0 radical (unpaired) electrons. The van der Waals surface area contributed by atoms with Crippen molar-refractivity contribution in [2.75, 3.05) is 6.54 Å². The van der Waals surface area contributed by atoms with Crippen LogP contribution in [0.3, 0.4) is 0 Å². The number of carbonyl (C=O) groups is 1. The van der Waals surface area contributed by atoms with Crippen LogP contribution in [0.5, 0.6) is 0 Å². The maximum Gasteiger partial charge on any atom is 0.240 e. The van der Waals surface area contributed by atoms with E-state index in [2.05, 4.69) is 24.1 Å². The molecule has 1 heterocycles. The van der Waals surface area contributed by atoms with Crippen molar-refractivity contribution in [2.24, 2.45) is 11.7 Å². The fourth-order valence-electron chi connectivity index (χ4n) is 2.16. The maximum absolute atomic E-state index is 11.8. The monoisotopic (exact) mass is 250 g/mol. The molecule has 0 bridgehead atoms. The number of nitrogens with zero attached hydrogens (tertiary/aromatic N) is 2. The molecule has 1 aromatic rings. The number of carbonyl (C=O) groups excluding carboxylic acids is 1. The third-order valence-electron chi connectivity index (χ3n) is 3.44. The van der Waals surface area contributed by atoms with Crippen LogP contribution in [-0.2, 0) is 11.3 Å². The summed E-state index contributed by atoms with van der Waals surface area (Å²) in [6, 6.07) is 0.403. The minimum absolute atomic E-state index is 0.0660. The second-order valence-corrected chi connectivity index (χ2v) is 5.37. The molecule has 5 heteroatoms. The second kappa shape index (κ2) is 5.52. The van der Waals surface area contributed by atoms with E-state index in [1.165, 1.54) is 0 Å². The van der Waals surface area contributed by atoms with E-state index in [4.69, 9.17) is 5.73 Å². The zero-order chi connectivity index (χ0) is 13.1. The van der Waals surface area contributed by atoms with Gasteiger partial charge in [-0.3, -0.25) is 4.79 Å². The van der Waals surface area contributed by atoms with Crippen molar-refractivity contribution in [2.45, 2.75) is 45.2 Å². The molecule has 0 aromatic carbocycles. The number of nitrogens with two attached hydrogens (primary N) is 1. The lowest BCUT2D eigenvalue weighted by molar-refractivity contribution is -0.121. The van der Waals surface area contributed by atoms with E-state index in [0.717, 1.165) is 18.5 Å². The fourth-order valence-corrected chi connectivity index (χ4v) is 2.16. The fraction of sp³-hybridized carbons (Fsp3) is 0.692. The number of hydrogen-bond acceptors (Lipinski definition) is 3. The summed E-state index contributed by atoms with van der Waals surface area (Å²) in [6.45, 7) is 5.20. The predicted molar refractivity (Wildman–Crippen MR) is 70.0 cm³/mol. The number of nitrogens with one attached hydrogen (secondary N) is 1. The Morgan fingerprint density at radius 1 is 1.61 bits per heavy atom. The third kappa shape index (κ3) is 3.10. The lowest BCUT2D eigenvalue weighted by Gasteiger charge is -2.20. The SMILES string of the molecule is CC(C)C(CN)c1cncn1CC(=O)NC1CC1. The smallest absolute Gasteiger partial charge is 0.240 e. The van der Waals surface area contributed by atoms with Crippen LogP contribution in [0.1, 0.15) is 38.3 Å². The van der Waals surface area contributed by atoms with Crippen LogP contribution in [0.25, 0.3) is 0 Å². The van der Waals surface area contributed by atoms with E-state index < -0.39 is 0 Å². The highest BCUT2D eigenvalue weighted by atomic mass is 16.2. The number of amides is 1. The molecule has 0 saturated heterocycles. The molecule has 1 saturated carbocycles. The van der Waals surface area contributed by atoms with Crippen molar-refractivity contribution in [3.05, 3.63) is 18.2 Å². The van der Waals surface area contributed by atoms with Crippen LogP contribution < -0.4 is 11.1 Å². The van der Waals surface area contributed by atoms with Gasteiger partial charge in [0.2, 0.25) is 5.91 Å². The Kier molecular flexibility index (Phi) is 4.01. The van der Waals surface area contributed by atoms with Crippen molar-refractivity contribution < 1.29 is 4.79 Å². The average Bonchev–Trinajstić information content (AvgIpc) is 3.00. The van der Waals surface area contributed by atoms with Crippen LogP contribution in [0.15, 0.2) is 12.5 Å². The zero-order valence-corrected chi connectivity index (χ0v) is 11.1. The first-order chi connectivity index (χ1) is 8.61. The Labute approximate surface area is 108 Å². The van der Waals surface area contributed by atoms with E-state index in [0.29, 0.717) is 25.0 Å². The highest BCUT2D eigenvalue weighted by molar-refractivity contribution is 5.76. The molecule has 0 spiro atoms. The van der Waals surface area contributed by atoms with Gasteiger partial charge in [-0.2, -0.15) is 0 Å². The summed E-state index contributed by atoms with van der Waals surface area (Å²) >= 11 is 0. The Morgan fingerprint density at radius 3 is 2.89 bits per heavy atom. The molecule has 5 nitrogen and oxygen atoms in total. The van der Waals surface area contributed by atoms with E-state index in [1.54, 1.807) is 6.33 Å². The predicted octanol–water partition coefficient (Wildman–Crippen LogP) is 0.860. The van der Waals surface area contributed by atoms with Crippen LogP contribution in [0, 0.1) is 5.92 Å². The van der Waals surface area contributed by atoms with Gasteiger partial charge in [0.1, 0.15) is 6.54 Å². The lowest BCUT2D eigenvalue weighted by Crippen LogP contribution is -2.30. The summed E-state index contributed by atoms with van der Waals surface area (Å²) < 4.78 is 1.91. The van der Waals surface area contributed by atoms with Gasteiger partial charge in [0.25, 0.3) is 0 Å². The largest absolute Gasteiger partial charge is 0.352 e. The van der Waals surface area contributed by atoms with E-state index in [-0.39, 0.29) is 11.8 Å². The quantitative estimate of drug-likeness (QED) is 0.786. The molecular formula is C13H22N4O. The van der Waals surface area contributed by atoms with Gasteiger partial charge in [0.05, 0.1) is 6.33 Å².